The van der Waals surface area contributed by atoms with Crippen LogP contribution in [0.3, 0.4) is 0 Å². The fraction of sp³-hybridized carbons (Fsp3) is 0.0526. The molecule has 0 N–H and O–H groups in total. The number of nitrogens with zero attached hydrogens (tertiary/aromatic N) is 1. The lowest BCUT2D eigenvalue weighted by Gasteiger charge is -2.10. The van der Waals surface area contributed by atoms with E-state index in [2.05, 4.69) is 0 Å². The molecule has 0 aliphatic rings. The minimum absolute atomic E-state index is 0.0214. The number of benzene rings is 3. The Kier molecular flexibility index (Phi) is 5.13. The minimum atomic E-state index is -0.407. The Morgan fingerprint density at radius 3 is 2.21 bits per heavy atom. The number of rotatable bonds is 6. The Labute approximate surface area is 144 Å². The first kappa shape index (κ1) is 16.1. The van der Waals surface area contributed by atoms with Crippen molar-refractivity contribution in [1.29, 1.82) is 0 Å². The molecule has 0 aromatic heterocycles. The van der Waals surface area contributed by atoms with Crippen LogP contribution in [0.25, 0.3) is 0 Å². The lowest BCUT2D eigenvalue weighted by atomic mass is 10.0. The highest BCUT2D eigenvalue weighted by molar-refractivity contribution is 7.95. The number of nitro benzene ring substituents is 1. The van der Waals surface area contributed by atoms with Crippen LogP contribution in [0.15, 0.2) is 83.8 Å². The molecule has 24 heavy (non-hydrogen) atoms. The van der Waals surface area contributed by atoms with Crippen LogP contribution in [-0.2, 0) is 6.42 Å². The summed E-state index contributed by atoms with van der Waals surface area (Å²) in [7, 11) is 0. The van der Waals surface area contributed by atoms with Crippen molar-refractivity contribution in [3.8, 4) is 5.75 Å². The van der Waals surface area contributed by atoms with Crippen molar-refractivity contribution in [1.82, 2.24) is 0 Å². The third kappa shape index (κ3) is 3.94. The van der Waals surface area contributed by atoms with Gasteiger partial charge in [0.25, 0.3) is 0 Å². The topological polar surface area (TPSA) is 52.4 Å². The van der Waals surface area contributed by atoms with Crippen LogP contribution in [0, 0.1) is 10.1 Å². The maximum atomic E-state index is 11.4. The summed E-state index contributed by atoms with van der Waals surface area (Å²) in [6, 6.07) is 24.4. The van der Waals surface area contributed by atoms with Gasteiger partial charge in [-0.2, -0.15) is 0 Å². The predicted molar refractivity (Wildman–Crippen MR) is 95.3 cm³/mol. The second-order valence-corrected chi connectivity index (χ2v) is 5.97. The van der Waals surface area contributed by atoms with E-state index in [1.807, 2.05) is 66.7 Å². The number of para-hydroxylation sites is 1. The molecule has 0 radical (unpaired) electrons. The molecule has 0 fully saturated rings. The fourth-order valence-corrected chi connectivity index (χ4v) is 2.97. The van der Waals surface area contributed by atoms with E-state index in [-0.39, 0.29) is 5.69 Å². The highest BCUT2D eigenvalue weighted by Crippen LogP contribution is 2.36. The Bertz CT molecular complexity index is 823. The van der Waals surface area contributed by atoms with E-state index in [0.29, 0.717) is 12.2 Å². The van der Waals surface area contributed by atoms with Gasteiger partial charge in [0.2, 0.25) is 5.75 Å². The summed E-state index contributed by atoms with van der Waals surface area (Å²) in [6.07, 6.45) is 0.577. The number of hydrogen-bond acceptors (Lipinski definition) is 4. The van der Waals surface area contributed by atoms with E-state index in [1.54, 1.807) is 6.07 Å². The van der Waals surface area contributed by atoms with Crippen LogP contribution in [0.2, 0.25) is 0 Å². The molecule has 0 saturated heterocycles. The van der Waals surface area contributed by atoms with E-state index < -0.39 is 4.92 Å². The predicted octanol–water partition coefficient (Wildman–Crippen LogP) is 5.27. The molecule has 4 nitrogen and oxygen atoms in total. The maximum absolute atomic E-state index is 11.4. The number of nitro groups is 1. The molecule has 0 bridgehead atoms. The summed E-state index contributed by atoms with van der Waals surface area (Å²) in [6.45, 7) is 0. The molecule has 0 spiro atoms. The molecule has 3 aromatic carbocycles. The van der Waals surface area contributed by atoms with E-state index >= 15 is 0 Å². The summed E-state index contributed by atoms with van der Waals surface area (Å²) in [4.78, 5) is 11.8. The average molecular weight is 337 g/mol. The molecule has 0 heterocycles. The molecule has 0 saturated carbocycles. The standard InChI is InChI=1S/C19H15NO3S/c21-20(22)18-13-7-10-16(14-15-8-3-1-4-9-15)19(18)23-24-17-11-5-2-6-12-17/h1-13H,14H2. The molecule has 0 aliphatic carbocycles. The minimum Gasteiger partial charge on any atom is -0.413 e. The van der Waals surface area contributed by atoms with Crippen LogP contribution >= 0.6 is 12.0 Å². The van der Waals surface area contributed by atoms with E-state index in [4.69, 9.17) is 4.18 Å². The quantitative estimate of drug-likeness (QED) is 0.349. The first-order valence-electron chi connectivity index (χ1n) is 7.44. The highest BCUT2D eigenvalue weighted by atomic mass is 32.2. The zero-order chi connectivity index (χ0) is 16.8. The largest absolute Gasteiger partial charge is 0.413 e. The molecule has 3 rings (SSSR count). The molecule has 5 heteroatoms. The van der Waals surface area contributed by atoms with Gasteiger partial charge in [0, 0.05) is 22.9 Å². The molecule has 0 aliphatic heterocycles. The van der Waals surface area contributed by atoms with Crippen LogP contribution in [0.4, 0.5) is 5.69 Å². The van der Waals surface area contributed by atoms with Crippen molar-refractivity contribution in [2.45, 2.75) is 11.3 Å². The van der Waals surface area contributed by atoms with Crippen molar-refractivity contribution in [3.63, 3.8) is 0 Å². The van der Waals surface area contributed by atoms with Gasteiger partial charge in [0.15, 0.2) is 0 Å². The Balaban J connectivity index is 1.90. The van der Waals surface area contributed by atoms with Gasteiger partial charge in [-0.25, -0.2) is 0 Å². The zero-order valence-corrected chi connectivity index (χ0v) is 13.6. The van der Waals surface area contributed by atoms with Crippen LogP contribution in [-0.4, -0.2) is 4.92 Å². The summed E-state index contributed by atoms with van der Waals surface area (Å²) >= 11 is 1.13. The molecule has 0 amide bonds. The third-order valence-electron chi connectivity index (χ3n) is 3.47. The smallest absolute Gasteiger partial charge is 0.312 e. The molecule has 3 aromatic rings. The van der Waals surface area contributed by atoms with Gasteiger partial charge < -0.3 is 4.18 Å². The van der Waals surface area contributed by atoms with Crippen molar-refractivity contribution >= 4 is 17.7 Å². The summed E-state index contributed by atoms with van der Waals surface area (Å²) < 4.78 is 5.76. The van der Waals surface area contributed by atoms with Gasteiger partial charge in [0.05, 0.1) is 17.0 Å². The normalized spacial score (nSPS) is 10.3. The Morgan fingerprint density at radius 1 is 0.875 bits per heavy atom. The third-order valence-corrected chi connectivity index (χ3v) is 4.19. The molecule has 0 atom stereocenters. The summed E-state index contributed by atoms with van der Waals surface area (Å²) in [5.74, 6) is 0.306. The summed E-state index contributed by atoms with van der Waals surface area (Å²) in [5.41, 5.74) is 1.85. The Hall–Kier alpha value is -2.79. The zero-order valence-electron chi connectivity index (χ0n) is 12.8. The van der Waals surface area contributed by atoms with Gasteiger partial charge in [0.1, 0.15) is 0 Å². The van der Waals surface area contributed by atoms with Gasteiger partial charge in [-0.05, 0) is 17.7 Å². The lowest BCUT2D eigenvalue weighted by molar-refractivity contribution is -0.385. The molecular formula is C19H15NO3S. The second kappa shape index (κ2) is 7.66. The Morgan fingerprint density at radius 2 is 1.54 bits per heavy atom. The molecule has 120 valence electrons. The number of hydrogen-bond donors (Lipinski definition) is 0. The van der Waals surface area contributed by atoms with Gasteiger partial charge in [-0.15, -0.1) is 0 Å². The van der Waals surface area contributed by atoms with Crippen molar-refractivity contribution < 1.29 is 9.11 Å². The van der Waals surface area contributed by atoms with E-state index in [9.17, 15) is 10.1 Å². The van der Waals surface area contributed by atoms with Gasteiger partial charge in [-0.1, -0.05) is 60.7 Å². The highest BCUT2D eigenvalue weighted by Gasteiger charge is 2.20. The van der Waals surface area contributed by atoms with Gasteiger partial charge >= 0.3 is 5.69 Å². The first-order valence-corrected chi connectivity index (χ1v) is 8.18. The first-order chi connectivity index (χ1) is 11.7. The van der Waals surface area contributed by atoms with Crippen LogP contribution in [0.1, 0.15) is 11.1 Å². The lowest BCUT2D eigenvalue weighted by Crippen LogP contribution is -1.98. The van der Waals surface area contributed by atoms with Crippen LogP contribution < -0.4 is 4.18 Å². The van der Waals surface area contributed by atoms with Crippen molar-refractivity contribution in [2.75, 3.05) is 0 Å². The molecule has 0 unspecified atom stereocenters. The van der Waals surface area contributed by atoms with E-state index in [0.717, 1.165) is 28.1 Å². The van der Waals surface area contributed by atoms with Crippen molar-refractivity contribution in [2.24, 2.45) is 0 Å². The maximum Gasteiger partial charge on any atom is 0.312 e. The fourth-order valence-electron chi connectivity index (χ4n) is 2.33. The second-order valence-electron chi connectivity index (χ2n) is 5.16. The van der Waals surface area contributed by atoms with Gasteiger partial charge in [-0.3, -0.25) is 10.1 Å². The summed E-state index contributed by atoms with van der Waals surface area (Å²) in [5, 5.41) is 11.4. The SMILES string of the molecule is O=[N+]([O-])c1cccc(Cc2ccccc2)c1OSc1ccccc1. The molecular weight excluding hydrogens is 322 g/mol. The average Bonchev–Trinajstić information content (AvgIpc) is 2.62. The monoisotopic (exact) mass is 337 g/mol. The van der Waals surface area contributed by atoms with Crippen molar-refractivity contribution in [3.05, 3.63) is 100 Å². The van der Waals surface area contributed by atoms with E-state index in [1.165, 1.54) is 6.07 Å². The van der Waals surface area contributed by atoms with Crippen LogP contribution in [0.5, 0.6) is 5.75 Å².